The normalized spacial score (nSPS) is 20.4. The lowest BCUT2D eigenvalue weighted by Crippen LogP contribution is -2.52. The van der Waals surface area contributed by atoms with Crippen LogP contribution in [0.3, 0.4) is 0 Å². The number of hydrogen-bond donors (Lipinski definition) is 0. The highest BCUT2D eigenvalue weighted by molar-refractivity contribution is 5.93. The summed E-state index contributed by atoms with van der Waals surface area (Å²) in [4.78, 5) is 32.5. The number of carbonyl (C=O) groups is 2. The van der Waals surface area contributed by atoms with Crippen molar-refractivity contribution in [1.29, 1.82) is 0 Å². The number of amides is 2. The standard InChI is InChI=1S/C18H20N4O4/c23-17(14-11-16(26-20-14)13-3-1-5-19-12-13)21-6-8-22(9-7-21)18(24)15-4-2-10-25-15/h1,3,5,11-12,15H,2,4,6-10H2. The number of hydrogen-bond acceptors (Lipinski definition) is 6. The van der Waals surface area contributed by atoms with Crippen molar-refractivity contribution < 1.29 is 18.8 Å². The molecule has 2 saturated heterocycles. The smallest absolute Gasteiger partial charge is 0.276 e. The lowest BCUT2D eigenvalue weighted by atomic mass is 10.2. The molecule has 2 amide bonds. The maximum atomic E-state index is 12.6. The molecule has 2 aliphatic heterocycles. The van der Waals surface area contributed by atoms with Crippen LogP contribution in [0, 0.1) is 0 Å². The van der Waals surface area contributed by atoms with Gasteiger partial charge >= 0.3 is 0 Å². The van der Waals surface area contributed by atoms with Crippen molar-refractivity contribution in [3.63, 3.8) is 0 Å². The lowest BCUT2D eigenvalue weighted by Gasteiger charge is -2.35. The Hall–Kier alpha value is -2.74. The van der Waals surface area contributed by atoms with Gasteiger partial charge in [-0.1, -0.05) is 5.16 Å². The monoisotopic (exact) mass is 356 g/mol. The second-order valence-corrected chi connectivity index (χ2v) is 6.44. The Labute approximate surface area is 150 Å². The average molecular weight is 356 g/mol. The van der Waals surface area contributed by atoms with Crippen molar-refractivity contribution in [2.24, 2.45) is 0 Å². The van der Waals surface area contributed by atoms with E-state index in [-0.39, 0.29) is 23.6 Å². The van der Waals surface area contributed by atoms with E-state index < -0.39 is 0 Å². The van der Waals surface area contributed by atoms with Crippen LogP contribution >= 0.6 is 0 Å². The van der Waals surface area contributed by atoms with Crippen molar-refractivity contribution in [3.05, 3.63) is 36.3 Å². The molecule has 136 valence electrons. The molecular weight excluding hydrogens is 336 g/mol. The van der Waals surface area contributed by atoms with Crippen LogP contribution in [0.4, 0.5) is 0 Å². The number of rotatable bonds is 3. The number of aromatic nitrogens is 2. The van der Waals surface area contributed by atoms with Gasteiger partial charge in [0.25, 0.3) is 11.8 Å². The summed E-state index contributed by atoms with van der Waals surface area (Å²) in [6.45, 7) is 2.63. The topological polar surface area (TPSA) is 88.8 Å². The molecule has 8 nitrogen and oxygen atoms in total. The van der Waals surface area contributed by atoms with Gasteiger partial charge < -0.3 is 19.1 Å². The fourth-order valence-electron chi connectivity index (χ4n) is 3.29. The summed E-state index contributed by atoms with van der Waals surface area (Å²) in [5.74, 6) is 0.358. The van der Waals surface area contributed by atoms with Crippen LogP contribution in [0.5, 0.6) is 0 Å². The molecule has 26 heavy (non-hydrogen) atoms. The van der Waals surface area contributed by atoms with E-state index in [2.05, 4.69) is 10.1 Å². The minimum atomic E-state index is -0.310. The molecule has 0 aliphatic carbocycles. The summed E-state index contributed by atoms with van der Waals surface area (Å²) >= 11 is 0. The third kappa shape index (κ3) is 3.32. The fourth-order valence-corrected chi connectivity index (χ4v) is 3.29. The second kappa shape index (κ2) is 7.25. The third-order valence-electron chi connectivity index (χ3n) is 4.76. The van der Waals surface area contributed by atoms with Crippen molar-refractivity contribution >= 4 is 11.8 Å². The van der Waals surface area contributed by atoms with Gasteiger partial charge in [-0.05, 0) is 25.0 Å². The predicted octanol–water partition coefficient (Wildman–Crippen LogP) is 1.20. The number of ether oxygens (including phenoxy) is 1. The van der Waals surface area contributed by atoms with Crippen LogP contribution in [0.1, 0.15) is 23.3 Å². The number of nitrogens with zero attached hydrogens (tertiary/aromatic N) is 4. The first kappa shape index (κ1) is 16.7. The van der Waals surface area contributed by atoms with Crippen LogP contribution in [0.25, 0.3) is 11.3 Å². The third-order valence-corrected chi connectivity index (χ3v) is 4.76. The van der Waals surface area contributed by atoms with Crippen LogP contribution in [-0.4, -0.2) is 70.6 Å². The van der Waals surface area contributed by atoms with Gasteiger partial charge in [0.05, 0.1) is 0 Å². The van der Waals surface area contributed by atoms with E-state index >= 15 is 0 Å². The first-order valence-corrected chi connectivity index (χ1v) is 8.79. The minimum Gasteiger partial charge on any atom is -0.368 e. The summed E-state index contributed by atoms with van der Waals surface area (Å²) < 4.78 is 10.7. The number of piperazine rings is 1. The summed E-state index contributed by atoms with van der Waals surface area (Å²) in [5.41, 5.74) is 1.04. The molecule has 0 radical (unpaired) electrons. The predicted molar refractivity (Wildman–Crippen MR) is 91.2 cm³/mol. The van der Waals surface area contributed by atoms with Gasteiger partial charge in [0.15, 0.2) is 11.5 Å². The Kier molecular flexibility index (Phi) is 4.66. The van der Waals surface area contributed by atoms with Crippen molar-refractivity contribution in [1.82, 2.24) is 19.9 Å². The van der Waals surface area contributed by atoms with Crippen LogP contribution in [0.2, 0.25) is 0 Å². The van der Waals surface area contributed by atoms with E-state index in [1.54, 1.807) is 34.3 Å². The Balaban J connectivity index is 1.36. The first-order valence-electron chi connectivity index (χ1n) is 8.79. The fraction of sp³-hybridized carbons (Fsp3) is 0.444. The van der Waals surface area contributed by atoms with Crippen molar-refractivity contribution in [3.8, 4) is 11.3 Å². The zero-order chi connectivity index (χ0) is 17.9. The molecule has 0 bridgehead atoms. The molecular formula is C18H20N4O4. The van der Waals surface area contributed by atoms with Crippen LogP contribution in [0.15, 0.2) is 35.1 Å². The van der Waals surface area contributed by atoms with Crippen LogP contribution in [-0.2, 0) is 9.53 Å². The largest absolute Gasteiger partial charge is 0.368 e. The highest BCUT2D eigenvalue weighted by Crippen LogP contribution is 2.20. The molecule has 0 saturated carbocycles. The number of carbonyl (C=O) groups excluding carboxylic acids is 2. The van der Waals surface area contributed by atoms with Gasteiger partial charge in [0.2, 0.25) is 0 Å². The van der Waals surface area contributed by atoms with E-state index in [4.69, 9.17) is 9.26 Å². The minimum absolute atomic E-state index is 0.0369. The average Bonchev–Trinajstić information content (AvgIpc) is 3.40. The Morgan fingerprint density at radius 1 is 1.15 bits per heavy atom. The summed E-state index contributed by atoms with van der Waals surface area (Å²) in [5, 5.41) is 3.89. The molecule has 8 heteroatoms. The zero-order valence-electron chi connectivity index (χ0n) is 14.3. The Bertz CT molecular complexity index is 777. The second-order valence-electron chi connectivity index (χ2n) is 6.44. The van der Waals surface area contributed by atoms with Gasteiger partial charge in [-0.15, -0.1) is 0 Å². The van der Waals surface area contributed by atoms with Gasteiger partial charge in [0.1, 0.15) is 6.10 Å². The van der Waals surface area contributed by atoms with Gasteiger partial charge in [0, 0.05) is 56.8 Å². The number of pyridine rings is 1. The van der Waals surface area contributed by atoms with Gasteiger partial charge in [-0.3, -0.25) is 14.6 Å². The lowest BCUT2D eigenvalue weighted by molar-refractivity contribution is -0.142. The molecule has 0 spiro atoms. The molecule has 4 heterocycles. The molecule has 0 aromatic carbocycles. The quantitative estimate of drug-likeness (QED) is 0.821. The van der Waals surface area contributed by atoms with Crippen molar-refractivity contribution in [2.75, 3.05) is 32.8 Å². The van der Waals surface area contributed by atoms with E-state index in [1.807, 2.05) is 6.07 Å². The van der Waals surface area contributed by atoms with E-state index in [0.29, 0.717) is 38.5 Å². The molecule has 2 fully saturated rings. The van der Waals surface area contributed by atoms with Crippen molar-refractivity contribution in [2.45, 2.75) is 18.9 Å². The molecule has 1 atom stereocenters. The van der Waals surface area contributed by atoms with E-state index in [1.165, 1.54) is 0 Å². The molecule has 2 aromatic rings. The van der Waals surface area contributed by atoms with Gasteiger partial charge in [-0.2, -0.15) is 0 Å². The zero-order valence-corrected chi connectivity index (χ0v) is 14.3. The molecule has 1 unspecified atom stereocenters. The Morgan fingerprint density at radius 3 is 2.65 bits per heavy atom. The van der Waals surface area contributed by atoms with E-state index in [9.17, 15) is 9.59 Å². The van der Waals surface area contributed by atoms with E-state index in [0.717, 1.165) is 18.4 Å². The van der Waals surface area contributed by atoms with Crippen LogP contribution < -0.4 is 0 Å². The molecule has 2 aromatic heterocycles. The summed E-state index contributed by atoms with van der Waals surface area (Å²) in [7, 11) is 0. The molecule has 4 rings (SSSR count). The summed E-state index contributed by atoms with van der Waals surface area (Å²) in [6, 6.07) is 5.27. The maximum Gasteiger partial charge on any atom is 0.276 e. The van der Waals surface area contributed by atoms with Gasteiger partial charge in [-0.25, -0.2) is 0 Å². The molecule has 2 aliphatic rings. The summed E-state index contributed by atoms with van der Waals surface area (Å²) in [6.07, 6.45) is 4.73. The molecule has 0 N–H and O–H groups in total. The highest BCUT2D eigenvalue weighted by atomic mass is 16.5. The first-order chi connectivity index (χ1) is 12.7. The highest BCUT2D eigenvalue weighted by Gasteiger charge is 2.32. The maximum absolute atomic E-state index is 12.6. The Morgan fingerprint density at radius 2 is 1.96 bits per heavy atom. The SMILES string of the molecule is O=C(c1cc(-c2cccnc2)on1)N1CCN(C(=O)C2CCCO2)CC1.